The largest absolute Gasteiger partial charge is 0.457 e. The molecule has 0 N–H and O–H groups in total. The zero-order chi connectivity index (χ0) is 21.8. The first-order valence-electron chi connectivity index (χ1n) is 9.84. The van der Waals surface area contributed by atoms with Gasteiger partial charge >= 0.3 is 0 Å². The number of rotatable bonds is 6. The zero-order valence-electron chi connectivity index (χ0n) is 17.3. The molecule has 0 aliphatic carbocycles. The fraction of sp³-hybridized carbons (Fsp3) is 0.0769. The molecule has 0 aromatic heterocycles. The molecule has 0 unspecified atom stereocenters. The minimum absolute atomic E-state index is 0.102. The van der Waals surface area contributed by atoms with Crippen LogP contribution in [-0.2, 0) is 9.84 Å². The Morgan fingerprint density at radius 2 is 0.968 bits per heavy atom. The van der Waals surface area contributed by atoms with Gasteiger partial charge < -0.3 is 9.47 Å². The average Bonchev–Trinajstić information content (AvgIpc) is 2.77. The quantitative estimate of drug-likeness (QED) is 0.341. The van der Waals surface area contributed by atoms with Crippen molar-refractivity contribution in [1.29, 1.82) is 0 Å². The highest BCUT2D eigenvalue weighted by Crippen LogP contribution is 2.34. The van der Waals surface area contributed by atoms with Crippen LogP contribution in [0.3, 0.4) is 0 Å². The van der Waals surface area contributed by atoms with Crippen LogP contribution in [0.5, 0.6) is 23.0 Å². The van der Waals surface area contributed by atoms with Crippen LogP contribution in [0, 0.1) is 13.8 Å². The molecule has 0 aliphatic heterocycles. The second-order valence-corrected chi connectivity index (χ2v) is 9.24. The first kappa shape index (κ1) is 20.7. The lowest BCUT2D eigenvalue weighted by atomic mass is 10.2. The van der Waals surface area contributed by atoms with Gasteiger partial charge in [-0.05, 0) is 50.2 Å². The van der Waals surface area contributed by atoms with Crippen LogP contribution in [0.25, 0.3) is 0 Å². The van der Waals surface area contributed by atoms with Gasteiger partial charge in [0.1, 0.15) is 23.0 Å². The monoisotopic (exact) mass is 430 g/mol. The highest BCUT2D eigenvalue weighted by atomic mass is 32.2. The van der Waals surface area contributed by atoms with Gasteiger partial charge in [-0.15, -0.1) is 0 Å². The third-order valence-corrected chi connectivity index (χ3v) is 6.48. The maximum atomic E-state index is 13.2. The van der Waals surface area contributed by atoms with Crippen LogP contribution >= 0.6 is 0 Å². The van der Waals surface area contributed by atoms with Crippen molar-refractivity contribution in [2.45, 2.75) is 23.6 Å². The van der Waals surface area contributed by atoms with Gasteiger partial charge in [-0.2, -0.15) is 0 Å². The van der Waals surface area contributed by atoms with Crippen molar-refractivity contribution in [2.24, 2.45) is 0 Å². The molecular formula is C26H22O4S. The fourth-order valence-electron chi connectivity index (χ4n) is 3.04. The Hall–Kier alpha value is -3.57. The molecule has 0 aliphatic rings. The number of ether oxygens (including phenoxy) is 2. The molecule has 4 rings (SSSR count). The third-order valence-electron chi connectivity index (χ3n) is 4.73. The van der Waals surface area contributed by atoms with Gasteiger partial charge in [0.05, 0.1) is 9.79 Å². The van der Waals surface area contributed by atoms with Crippen molar-refractivity contribution in [3.05, 3.63) is 108 Å². The van der Waals surface area contributed by atoms with Crippen molar-refractivity contribution in [3.63, 3.8) is 0 Å². The Kier molecular flexibility index (Phi) is 5.78. The van der Waals surface area contributed by atoms with Gasteiger partial charge in [0.15, 0.2) is 0 Å². The van der Waals surface area contributed by atoms with Crippen LogP contribution in [-0.4, -0.2) is 8.42 Å². The molecule has 0 saturated carbocycles. The molecular weight excluding hydrogens is 408 g/mol. The molecule has 0 atom stereocenters. The van der Waals surface area contributed by atoms with Gasteiger partial charge in [0.25, 0.3) is 0 Å². The predicted molar refractivity (Wildman–Crippen MR) is 121 cm³/mol. The Morgan fingerprint density at radius 3 is 1.42 bits per heavy atom. The van der Waals surface area contributed by atoms with Gasteiger partial charge in [-0.25, -0.2) is 8.42 Å². The van der Waals surface area contributed by atoms with E-state index in [0.29, 0.717) is 23.0 Å². The molecule has 0 saturated heterocycles. The number of aryl methyl sites for hydroxylation is 2. The predicted octanol–water partition coefficient (Wildman–Crippen LogP) is 6.72. The summed E-state index contributed by atoms with van der Waals surface area (Å²) >= 11 is 0. The Morgan fingerprint density at radius 1 is 0.516 bits per heavy atom. The first-order valence-corrected chi connectivity index (χ1v) is 11.3. The van der Waals surface area contributed by atoms with Crippen molar-refractivity contribution in [3.8, 4) is 23.0 Å². The summed E-state index contributed by atoms with van der Waals surface area (Å²) in [6.45, 7) is 3.98. The van der Waals surface area contributed by atoms with E-state index in [1.54, 1.807) is 36.4 Å². The average molecular weight is 431 g/mol. The van der Waals surface area contributed by atoms with Crippen molar-refractivity contribution < 1.29 is 17.9 Å². The summed E-state index contributed by atoms with van der Waals surface area (Å²) in [4.78, 5) is 0.314. The van der Waals surface area contributed by atoms with E-state index >= 15 is 0 Å². The molecule has 5 heteroatoms. The number of sulfone groups is 1. The smallest absolute Gasteiger partial charge is 0.206 e. The van der Waals surface area contributed by atoms with Crippen LogP contribution in [0.2, 0.25) is 0 Å². The molecule has 4 nitrogen and oxygen atoms in total. The van der Waals surface area contributed by atoms with E-state index in [-0.39, 0.29) is 9.79 Å². The molecule has 0 spiro atoms. The summed E-state index contributed by atoms with van der Waals surface area (Å²) in [7, 11) is -3.74. The lowest BCUT2D eigenvalue weighted by molar-refractivity contribution is 0.457. The normalized spacial score (nSPS) is 11.2. The van der Waals surface area contributed by atoms with Crippen LogP contribution in [0.4, 0.5) is 0 Å². The molecule has 0 heterocycles. The summed E-state index contributed by atoms with van der Waals surface area (Å²) in [6, 6.07) is 28.1. The standard InChI is InChI=1S/C26H22O4S/c1-19-8-12-21(13-9-19)29-23-16-24(30-22-14-10-20(2)11-15-22)18-26(17-23)31(27,28)25-6-4-3-5-7-25/h3-18H,1-2H3. The highest BCUT2D eigenvalue weighted by molar-refractivity contribution is 7.91. The second-order valence-electron chi connectivity index (χ2n) is 7.29. The SMILES string of the molecule is Cc1ccc(Oc2cc(Oc3ccc(C)cc3)cc(S(=O)(=O)c3ccccc3)c2)cc1. The van der Waals surface area contributed by atoms with Crippen molar-refractivity contribution in [2.75, 3.05) is 0 Å². The molecule has 0 amide bonds. The zero-order valence-corrected chi connectivity index (χ0v) is 18.1. The lowest BCUT2D eigenvalue weighted by Crippen LogP contribution is -2.02. The lowest BCUT2D eigenvalue weighted by Gasteiger charge is -2.13. The molecule has 4 aromatic rings. The second kappa shape index (κ2) is 8.66. The van der Waals surface area contributed by atoms with Crippen LogP contribution < -0.4 is 9.47 Å². The minimum Gasteiger partial charge on any atom is -0.457 e. The number of hydrogen-bond donors (Lipinski definition) is 0. The maximum absolute atomic E-state index is 13.2. The van der Waals surface area contributed by atoms with E-state index < -0.39 is 9.84 Å². The molecule has 0 bridgehead atoms. The third kappa shape index (κ3) is 4.95. The Labute approximate surface area is 182 Å². The summed E-state index contributed by atoms with van der Waals surface area (Å²) in [5.41, 5.74) is 2.22. The van der Waals surface area contributed by atoms with E-state index in [1.807, 2.05) is 62.4 Å². The van der Waals surface area contributed by atoms with Gasteiger partial charge in [-0.1, -0.05) is 53.6 Å². The topological polar surface area (TPSA) is 52.6 Å². The Bertz CT molecular complexity index is 1210. The van der Waals surface area contributed by atoms with E-state index in [1.165, 1.54) is 12.1 Å². The maximum Gasteiger partial charge on any atom is 0.206 e. The van der Waals surface area contributed by atoms with E-state index in [2.05, 4.69) is 0 Å². The molecule has 4 aromatic carbocycles. The first-order chi connectivity index (χ1) is 14.9. The molecule has 156 valence electrons. The summed E-state index contributed by atoms with van der Waals surface area (Å²) in [5.74, 6) is 1.98. The van der Waals surface area contributed by atoms with Crippen molar-refractivity contribution >= 4 is 9.84 Å². The number of hydrogen-bond acceptors (Lipinski definition) is 4. The summed E-state index contributed by atoms with van der Waals surface area (Å²) < 4.78 is 38.4. The summed E-state index contributed by atoms with van der Waals surface area (Å²) in [5, 5.41) is 0. The van der Waals surface area contributed by atoms with Crippen LogP contribution in [0.1, 0.15) is 11.1 Å². The fourth-order valence-corrected chi connectivity index (χ4v) is 4.37. The van der Waals surface area contributed by atoms with E-state index in [4.69, 9.17) is 9.47 Å². The van der Waals surface area contributed by atoms with Gasteiger partial charge in [-0.3, -0.25) is 0 Å². The summed E-state index contributed by atoms with van der Waals surface area (Å²) in [6.07, 6.45) is 0. The molecule has 31 heavy (non-hydrogen) atoms. The highest BCUT2D eigenvalue weighted by Gasteiger charge is 2.20. The van der Waals surface area contributed by atoms with Gasteiger partial charge in [0.2, 0.25) is 9.84 Å². The van der Waals surface area contributed by atoms with Gasteiger partial charge in [0, 0.05) is 18.2 Å². The van der Waals surface area contributed by atoms with Crippen LogP contribution in [0.15, 0.2) is 107 Å². The van der Waals surface area contributed by atoms with E-state index in [0.717, 1.165) is 11.1 Å². The molecule has 0 radical (unpaired) electrons. The Balaban J connectivity index is 1.76. The van der Waals surface area contributed by atoms with E-state index in [9.17, 15) is 8.42 Å². The van der Waals surface area contributed by atoms with Crippen molar-refractivity contribution in [1.82, 2.24) is 0 Å². The minimum atomic E-state index is -3.74. The number of benzene rings is 4. The molecule has 0 fully saturated rings.